The number of H-pyrrole nitrogens is 1. The maximum Gasteiger partial charge on any atom is 0.169 e. The third kappa shape index (κ3) is 3.20. The molecule has 0 bridgehead atoms. The number of aromatic nitrogens is 2. The molecule has 4 nitrogen and oxygen atoms in total. The number of hydrogen-bond donors (Lipinski definition) is 1. The normalized spacial score (nSPS) is 13.7. The number of aromatic amines is 1. The van der Waals surface area contributed by atoms with Crippen LogP contribution in [0.1, 0.15) is 19.5 Å². The van der Waals surface area contributed by atoms with E-state index in [9.17, 15) is 0 Å². The summed E-state index contributed by atoms with van der Waals surface area (Å²) in [5.74, 6) is 0.490. The summed E-state index contributed by atoms with van der Waals surface area (Å²) in [6, 6.07) is 0.246. The monoisotopic (exact) mass is 195 g/mol. The Labute approximate surface area is 84.4 Å². The van der Waals surface area contributed by atoms with Gasteiger partial charge in [-0.15, -0.1) is 0 Å². The summed E-state index contributed by atoms with van der Waals surface area (Å²) in [4.78, 5) is 11.4. The van der Waals surface area contributed by atoms with Gasteiger partial charge in [-0.25, -0.2) is 4.98 Å². The number of nitrogens with one attached hydrogen (secondary N) is 1. The Hall–Kier alpha value is -1.32. The summed E-state index contributed by atoms with van der Waals surface area (Å²) >= 11 is 0. The smallest absolute Gasteiger partial charge is 0.169 e. The Morgan fingerprint density at radius 2 is 2.43 bits per heavy atom. The van der Waals surface area contributed by atoms with Gasteiger partial charge in [-0.3, -0.25) is 4.99 Å². The number of nitrogens with zero attached hydrogens (tertiary/aromatic N) is 2. The van der Waals surface area contributed by atoms with Crippen LogP contribution in [-0.2, 0) is 11.2 Å². The highest BCUT2D eigenvalue weighted by atomic mass is 16.5. The fourth-order valence-electron chi connectivity index (χ4n) is 1.22. The Morgan fingerprint density at radius 1 is 1.64 bits per heavy atom. The van der Waals surface area contributed by atoms with Gasteiger partial charge in [0.05, 0.1) is 19.5 Å². The molecule has 1 rings (SSSR count). The van der Waals surface area contributed by atoms with Crippen molar-refractivity contribution in [1.29, 1.82) is 0 Å². The second-order valence-corrected chi connectivity index (χ2v) is 3.58. The Bertz CT molecular complexity index is 267. The molecule has 0 fully saturated rings. The first-order valence-corrected chi connectivity index (χ1v) is 4.75. The molecule has 14 heavy (non-hydrogen) atoms. The fraction of sp³-hybridized carbons (Fsp3) is 0.600. The molecule has 1 atom stereocenters. The van der Waals surface area contributed by atoms with E-state index in [1.54, 1.807) is 13.4 Å². The summed E-state index contributed by atoms with van der Waals surface area (Å²) in [6.45, 7) is 4.29. The van der Waals surface area contributed by atoms with E-state index in [1.165, 1.54) is 6.40 Å². The maximum absolute atomic E-state index is 4.82. The van der Waals surface area contributed by atoms with Crippen LogP contribution in [-0.4, -0.2) is 29.5 Å². The molecule has 4 heteroatoms. The zero-order valence-corrected chi connectivity index (χ0v) is 8.90. The molecule has 0 radical (unpaired) electrons. The lowest BCUT2D eigenvalue weighted by Gasteiger charge is -2.14. The van der Waals surface area contributed by atoms with Crippen LogP contribution in [0.15, 0.2) is 17.5 Å². The molecule has 1 aromatic rings. The minimum Gasteiger partial charge on any atom is -0.487 e. The maximum atomic E-state index is 4.82. The van der Waals surface area contributed by atoms with Gasteiger partial charge in [0.25, 0.3) is 0 Å². The zero-order valence-electron chi connectivity index (χ0n) is 8.90. The molecule has 0 saturated carbocycles. The molecule has 0 aromatic carbocycles. The average molecular weight is 195 g/mol. The van der Waals surface area contributed by atoms with Gasteiger partial charge in [0, 0.05) is 18.3 Å². The molecule has 1 aromatic heterocycles. The van der Waals surface area contributed by atoms with Crippen LogP contribution in [0.4, 0.5) is 0 Å². The lowest BCUT2D eigenvalue weighted by Crippen LogP contribution is -2.16. The van der Waals surface area contributed by atoms with Crippen LogP contribution in [0.3, 0.4) is 0 Å². The molecule has 0 spiro atoms. The van der Waals surface area contributed by atoms with Crippen LogP contribution in [0.25, 0.3) is 0 Å². The van der Waals surface area contributed by atoms with Crippen molar-refractivity contribution >= 4 is 6.40 Å². The number of methoxy groups -OCH3 is 1. The molecule has 0 saturated heterocycles. The highest BCUT2D eigenvalue weighted by Crippen LogP contribution is 2.11. The van der Waals surface area contributed by atoms with Gasteiger partial charge in [-0.2, -0.15) is 0 Å². The number of aliphatic imine (C=N–C) groups is 1. The van der Waals surface area contributed by atoms with Crippen molar-refractivity contribution in [1.82, 2.24) is 9.97 Å². The van der Waals surface area contributed by atoms with Gasteiger partial charge in [-0.1, -0.05) is 13.8 Å². The number of rotatable bonds is 5. The van der Waals surface area contributed by atoms with E-state index in [1.807, 2.05) is 6.20 Å². The van der Waals surface area contributed by atoms with Crippen molar-refractivity contribution in [3.8, 4) is 0 Å². The van der Waals surface area contributed by atoms with E-state index in [0.717, 1.165) is 12.1 Å². The molecule has 0 aliphatic rings. The number of hydrogen-bond acceptors (Lipinski definition) is 3. The summed E-state index contributed by atoms with van der Waals surface area (Å²) in [7, 11) is 1.61. The molecule has 1 heterocycles. The van der Waals surface area contributed by atoms with E-state index in [-0.39, 0.29) is 6.04 Å². The minimum absolute atomic E-state index is 0.246. The first kappa shape index (κ1) is 10.8. The van der Waals surface area contributed by atoms with Crippen LogP contribution >= 0.6 is 0 Å². The molecule has 0 unspecified atom stereocenters. The molecule has 0 aliphatic carbocycles. The van der Waals surface area contributed by atoms with Crippen molar-refractivity contribution in [2.24, 2.45) is 10.9 Å². The summed E-state index contributed by atoms with van der Waals surface area (Å²) < 4.78 is 4.82. The fourth-order valence-corrected chi connectivity index (χ4v) is 1.22. The Morgan fingerprint density at radius 3 is 2.93 bits per heavy atom. The van der Waals surface area contributed by atoms with Gasteiger partial charge in [-0.05, 0) is 5.92 Å². The second kappa shape index (κ2) is 5.42. The molecular formula is C10H17N3O. The first-order chi connectivity index (χ1) is 6.74. The summed E-state index contributed by atoms with van der Waals surface area (Å²) in [5, 5.41) is 0. The van der Waals surface area contributed by atoms with Gasteiger partial charge in [0.1, 0.15) is 0 Å². The molecule has 78 valence electrons. The second-order valence-electron chi connectivity index (χ2n) is 3.58. The molecule has 1 N–H and O–H groups in total. The van der Waals surface area contributed by atoms with E-state index < -0.39 is 0 Å². The van der Waals surface area contributed by atoms with Crippen molar-refractivity contribution in [2.45, 2.75) is 26.3 Å². The van der Waals surface area contributed by atoms with E-state index in [0.29, 0.717) is 5.92 Å². The average Bonchev–Trinajstić information content (AvgIpc) is 2.64. The van der Waals surface area contributed by atoms with Gasteiger partial charge in [0.2, 0.25) is 0 Å². The molecule has 0 amide bonds. The topological polar surface area (TPSA) is 50.3 Å². The summed E-state index contributed by atoms with van der Waals surface area (Å²) in [5.41, 5.74) is 1.11. The van der Waals surface area contributed by atoms with Gasteiger partial charge >= 0.3 is 0 Å². The highest BCUT2D eigenvalue weighted by molar-refractivity contribution is 5.46. The number of imidazole rings is 1. The standard InChI is InChI=1S/C10H17N3O/c1-8(2)10(13-7-14-3)4-9-5-11-6-12-9/h5-8,10H,4H2,1-3H3,(H,11,12)/t10-/m0/s1. The Kier molecular flexibility index (Phi) is 4.16. The van der Waals surface area contributed by atoms with Crippen LogP contribution in [0, 0.1) is 5.92 Å². The van der Waals surface area contributed by atoms with Crippen LogP contribution < -0.4 is 0 Å². The first-order valence-electron chi connectivity index (χ1n) is 4.75. The quantitative estimate of drug-likeness (QED) is 0.573. The third-order valence-electron chi connectivity index (χ3n) is 2.11. The van der Waals surface area contributed by atoms with E-state index in [4.69, 9.17) is 4.74 Å². The van der Waals surface area contributed by atoms with Gasteiger partial charge in [0.15, 0.2) is 6.40 Å². The summed E-state index contributed by atoms with van der Waals surface area (Å²) in [6.07, 6.45) is 5.89. The lowest BCUT2D eigenvalue weighted by atomic mass is 10.0. The zero-order chi connectivity index (χ0) is 10.4. The highest BCUT2D eigenvalue weighted by Gasteiger charge is 2.12. The van der Waals surface area contributed by atoms with Crippen LogP contribution in [0.2, 0.25) is 0 Å². The molecular weight excluding hydrogens is 178 g/mol. The van der Waals surface area contributed by atoms with E-state index >= 15 is 0 Å². The largest absolute Gasteiger partial charge is 0.487 e. The lowest BCUT2D eigenvalue weighted by molar-refractivity contribution is 0.406. The Balaban J connectivity index is 2.56. The SMILES string of the molecule is COC=N[C@@H](Cc1cnc[nH]1)C(C)C. The van der Waals surface area contributed by atoms with Crippen molar-refractivity contribution in [3.63, 3.8) is 0 Å². The van der Waals surface area contributed by atoms with E-state index in [2.05, 4.69) is 28.8 Å². The number of ether oxygens (including phenoxy) is 1. The predicted octanol–water partition coefficient (Wildman–Crippen LogP) is 1.65. The third-order valence-corrected chi connectivity index (χ3v) is 2.11. The minimum atomic E-state index is 0.246. The predicted molar refractivity (Wildman–Crippen MR) is 56.4 cm³/mol. The van der Waals surface area contributed by atoms with Gasteiger partial charge < -0.3 is 9.72 Å². The van der Waals surface area contributed by atoms with Crippen molar-refractivity contribution in [3.05, 3.63) is 18.2 Å². The molecule has 0 aliphatic heterocycles. The van der Waals surface area contributed by atoms with Crippen LogP contribution in [0.5, 0.6) is 0 Å². The van der Waals surface area contributed by atoms with Crippen molar-refractivity contribution in [2.75, 3.05) is 7.11 Å². The van der Waals surface area contributed by atoms with Crippen molar-refractivity contribution < 1.29 is 4.74 Å².